The van der Waals surface area contributed by atoms with E-state index >= 15 is 0 Å². The molecule has 0 saturated heterocycles. The van der Waals surface area contributed by atoms with Crippen LogP contribution in [0.1, 0.15) is 39.0 Å². The standard InChI is InChI=1S/C13H19N/c1-9-6-7-11-4-3-5-12(10(2)14)13(11)8-9/h4,10H,1,3,5-8,14H2,2H3. The minimum absolute atomic E-state index is 0.222. The maximum absolute atomic E-state index is 6.00. The van der Waals surface area contributed by atoms with E-state index in [-0.39, 0.29) is 6.04 Å². The third-order valence-corrected chi connectivity index (χ3v) is 3.30. The third kappa shape index (κ3) is 1.69. The molecule has 0 spiro atoms. The molecule has 0 aromatic rings. The third-order valence-electron chi connectivity index (χ3n) is 3.30. The van der Waals surface area contributed by atoms with Gasteiger partial charge in [0.25, 0.3) is 0 Å². The average molecular weight is 189 g/mol. The Morgan fingerprint density at radius 2 is 2.14 bits per heavy atom. The highest BCUT2D eigenvalue weighted by molar-refractivity contribution is 5.45. The normalized spacial score (nSPS) is 24.4. The van der Waals surface area contributed by atoms with E-state index in [4.69, 9.17) is 5.73 Å². The fraction of sp³-hybridized carbons (Fsp3) is 0.538. The number of allylic oxidation sites excluding steroid dienone is 4. The number of hydrogen-bond acceptors (Lipinski definition) is 1. The molecule has 1 saturated carbocycles. The Morgan fingerprint density at radius 3 is 2.86 bits per heavy atom. The summed E-state index contributed by atoms with van der Waals surface area (Å²) in [6.45, 7) is 6.20. The molecule has 0 aromatic heterocycles. The predicted octanol–water partition coefficient (Wildman–Crippen LogP) is 3.09. The lowest BCUT2D eigenvalue weighted by molar-refractivity contribution is 0.714. The van der Waals surface area contributed by atoms with E-state index in [2.05, 4.69) is 19.6 Å². The molecule has 2 N–H and O–H groups in total. The summed E-state index contributed by atoms with van der Waals surface area (Å²) in [7, 11) is 0. The lowest BCUT2D eigenvalue weighted by Crippen LogP contribution is -2.22. The molecule has 0 radical (unpaired) electrons. The summed E-state index contributed by atoms with van der Waals surface area (Å²) >= 11 is 0. The lowest BCUT2D eigenvalue weighted by atomic mass is 9.78. The largest absolute Gasteiger partial charge is 0.324 e. The highest BCUT2D eigenvalue weighted by Gasteiger charge is 2.22. The van der Waals surface area contributed by atoms with E-state index in [1.807, 2.05) is 0 Å². The van der Waals surface area contributed by atoms with Crippen LogP contribution < -0.4 is 5.73 Å². The molecule has 1 nitrogen and oxygen atoms in total. The van der Waals surface area contributed by atoms with Crippen molar-refractivity contribution in [3.63, 3.8) is 0 Å². The SMILES string of the molecule is C=C1CCC2=CCCC(C(C)N)=C2C1. The first-order valence-corrected chi connectivity index (χ1v) is 5.52. The number of rotatable bonds is 1. The zero-order chi connectivity index (χ0) is 10.1. The first-order chi connectivity index (χ1) is 6.68. The fourth-order valence-electron chi connectivity index (χ4n) is 2.51. The molecule has 1 unspecified atom stereocenters. The molecule has 1 fully saturated rings. The summed E-state index contributed by atoms with van der Waals surface area (Å²) in [6.07, 6.45) is 8.16. The minimum atomic E-state index is 0.222. The van der Waals surface area contributed by atoms with Gasteiger partial charge in [0, 0.05) is 6.04 Å². The van der Waals surface area contributed by atoms with Gasteiger partial charge >= 0.3 is 0 Å². The first-order valence-electron chi connectivity index (χ1n) is 5.52. The smallest absolute Gasteiger partial charge is 0.0230 e. The van der Waals surface area contributed by atoms with E-state index in [0.29, 0.717) is 0 Å². The van der Waals surface area contributed by atoms with Crippen molar-refractivity contribution in [2.24, 2.45) is 5.73 Å². The molecule has 0 heterocycles. The highest BCUT2D eigenvalue weighted by atomic mass is 14.6. The van der Waals surface area contributed by atoms with Crippen LogP contribution in [0.5, 0.6) is 0 Å². The minimum Gasteiger partial charge on any atom is -0.324 e. The summed E-state index contributed by atoms with van der Waals surface area (Å²) in [6, 6.07) is 0.222. The second kappa shape index (κ2) is 3.74. The van der Waals surface area contributed by atoms with Gasteiger partial charge in [0.1, 0.15) is 0 Å². The van der Waals surface area contributed by atoms with Crippen molar-refractivity contribution >= 4 is 0 Å². The van der Waals surface area contributed by atoms with Gasteiger partial charge in [-0.25, -0.2) is 0 Å². The van der Waals surface area contributed by atoms with Gasteiger partial charge in [-0.3, -0.25) is 0 Å². The molecule has 76 valence electrons. The monoisotopic (exact) mass is 189 g/mol. The van der Waals surface area contributed by atoms with Crippen LogP contribution in [-0.4, -0.2) is 6.04 Å². The van der Waals surface area contributed by atoms with Gasteiger partial charge in [-0.1, -0.05) is 18.2 Å². The summed E-state index contributed by atoms with van der Waals surface area (Å²) < 4.78 is 0. The first kappa shape index (κ1) is 9.72. The molecule has 2 aliphatic carbocycles. The van der Waals surface area contributed by atoms with Gasteiger partial charge in [-0.05, 0) is 55.7 Å². The highest BCUT2D eigenvalue weighted by Crippen LogP contribution is 2.38. The summed E-state index contributed by atoms with van der Waals surface area (Å²) in [4.78, 5) is 0. The Hall–Kier alpha value is -0.820. The maximum atomic E-state index is 6.00. The van der Waals surface area contributed by atoms with Crippen molar-refractivity contribution in [3.8, 4) is 0 Å². The van der Waals surface area contributed by atoms with E-state index in [9.17, 15) is 0 Å². The molecule has 1 atom stereocenters. The Bertz CT molecular complexity index is 318. The van der Waals surface area contributed by atoms with Gasteiger partial charge in [-0.2, -0.15) is 0 Å². The molecule has 2 rings (SSSR count). The lowest BCUT2D eigenvalue weighted by Gasteiger charge is -2.29. The molecular formula is C13H19N. The Balaban J connectivity index is 2.35. The molecule has 0 bridgehead atoms. The molecule has 0 amide bonds. The molecule has 1 heteroatoms. The van der Waals surface area contributed by atoms with Crippen molar-refractivity contribution in [3.05, 3.63) is 34.9 Å². The van der Waals surface area contributed by atoms with Crippen molar-refractivity contribution in [1.29, 1.82) is 0 Å². The van der Waals surface area contributed by atoms with Crippen LogP contribution in [0, 0.1) is 0 Å². The van der Waals surface area contributed by atoms with E-state index in [1.165, 1.54) is 36.0 Å². The molecular weight excluding hydrogens is 170 g/mol. The average Bonchev–Trinajstić information content (AvgIpc) is 2.16. The van der Waals surface area contributed by atoms with Crippen LogP contribution in [0.25, 0.3) is 0 Å². The van der Waals surface area contributed by atoms with Crippen molar-refractivity contribution in [1.82, 2.24) is 0 Å². The van der Waals surface area contributed by atoms with Crippen LogP contribution in [0.15, 0.2) is 34.9 Å². The quantitative estimate of drug-likeness (QED) is 0.630. The maximum Gasteiger partial charge on any atom is 0.0230 e. The van der Waals surface area contributed by atoms with Crippen LogP contribution in [0.3, 0.4) is 0 Å². The van der Waals surface area contributed by atoms with E-state index < -0.39 is 0 Å². The van der Waals surface area contributed by atoms with Gasteiger partial charge < -0.3 is 5.73 Å². The van der Waals surface area contributed by atoms with Crippen LogP contribution in [0.2, 0.25) is 0 Å². The second-order valence-corrected chi connectivity index (χ2v) is 4.49. The zero-order valence-electron chi connectivity index (χ0n) is 8.97. The summed E-state index contributed by atoms with van der Waals surface area (Å²) in [5, 5.41) is 0. The van der Waals surface area contributed by atoms with Crippen molar-refractivity contribution < 1.29 is 0 Å². The Kier molecular flexibility index (Phi) is 2.60. The summed E-state index contributed by atoms with van der Waals surface area (Å²) in [5.74, 6) is 0. The van der Waals surface area contributed by atoms with Crippen LogP contribution >= 0.6 is 0 Å². The van der Waals surface area contributed by atoms with E-state index in [1.54, 1.807) is 5.57 Å². The zero-order valence-corrected chi connectivity index (χ0v) is 8.97. The van der Waals surface area contributed by atoms with Gasteiger partial charge in [0.15, 0.2) is 0 Å². The summed E-state index contributed by atoms with van der Waals surface area (Å²) in [5.41, 5.74) is 11.9. The molecule has 0 aliphatic heterocycles. The molecule has 14 heavy (non-hydrogen) atoms. The van der Waals surface area contributed by atoms with Gasteiger partial charge in [-0.15, -0.1) is 0 Å². The number of nitrogens with two attached hydrogens (primary N) is 1. The van der Waals surface area contributed by atoms with Crippen LogP contribution in [0.4, 0.5) is 0 Å². The van der Waals surface area contributed by atoms with Crippen molar-refractivity contribution in [2.45, 2.75) is 45.1 Å². The van der Waals surface area contributed by atoms with Gasteiger partial charge in [0.2, 0.25) is 0 Å². The van der Waals surface area contributed by atoms with Gasteiger partial charge in [0.05, 0.1) is 0 Å². The van der Waals surface area contributed by atoms with Crippen LogP contribution in [-0.2, 0) is 0 Å². The Morgan fingerprint density at radius 1 is 1.36 bits per heavy atom. The van der Waals surface area contributed by atoms with E-state index in [0.717, 1.165) is 12.8 Å². The molecule has 2 aliphatic rings. The second-order valence-electron chi connectivity index (χ2n) is 4.49. The van der Waals surface area contributed by atoms with Crippen molar-refractivity contribution in [2.75, 3.05) is 0 Å². The fourth-order valence-corrected chi connectivity index (χ4v) is 2.51. The number of hydrogen-bond donors (Lipinski definition) is 1. The topological polar surface area (TPSA) is 26.0 Å². The Labute approximate surface area is 86.4 Å². The molecule has 0 aromatic carbocycles. The number of fused-ring (bicyclic) bond motifs is 1. The predicted molar refractivity (Wildman–Crippen MR) is 61.0 cm³/mol.